The Labute approximate surface area is 162 Å². The predicted molar refractivity (Wildman–Crippen MR) is 106 cm³/mol. The fourth-order valence-electron chi connectivity index (χ4n) is 4.03. The molecule has 2 aromatic carbocycles. The first-order valence-corrected chi connectivity index (χ1v) is 9.32. The number of nitrogens with zero attached hydrogens (tertiary/aromatic N) is 3. The van der Waals surface area contributed by atoms with Gasteiger partial charge in [0, 0.05) is 12.0 Å². The molecule has 1 aromatic heterocycles. The molecule has 1 saturated carbocycles. The number of rotatable bonds is 3. The van der Waals surface area contributed by atoms with Gasteiger partial charge in [-0.25, -0.2) is 14.2 Å². The molecule has 0 N–H and O–H groups in total. The van der Waals surface area contributed by atoms with Crippen molar-refractivity contribution in [3.8, 4) is 11.4 Å². The molecule has 0 bridgehead atoms. The molecule has 6 heteroatoms. The van der Waals surface area contributed by atoms with E-state index in [9.17, 15) is 9.18 Å². The summed E-state index contributed by atoms with van der Waals surface area (Å²) in [4.78, 5) is 21.8. The van der Waals surface area contributed by atoms with E-state index in [2.05, 4.69) is 4.85 Å². The number of benzene rings is 2. The first kappa shape index (κ1) is 18.2. The first-order chi connectivity index (χ1) is 13.5. The molecule has 1 fully saturated rings. The van der Waals surface area contributed by atoms with Crippen molar-refractivity contribution < 1.29 is 9.13 Å². The number of aromatic nitrogens is 2. The highest BCUT2D eigenvalue weighted by Crippen LogP contribution is 2.35. The smallest absolute Gasteiger partial charge is 0.264 e. The lowest BCUT2D eigenvalue weighted by Gasteiger charge is -2.19. The molecular formula is C22H20FN3O2. The molecule has 1 heterocycles. The van der Waals surface area contributed by atoms with Crippen molar-refractivity contribution in [1.82, 2.24) is 9.55 Å². The summed E-state index contributed by atoms with van der Waals surface area (Å²) in [5, 5.41) is 0.379. The normalized spacial score (nSPS) is 14.4. The summed E-state index contributed by atoms with van der Waals surface area (Å²) in [7, 11) is 1.40. The molecule has 0 saturated heterocycles. The van der Waals surface area contributed by atoms with Crippen LogP contribution in [0.1, 0.15) is 43.0 Å². The Kier molecular flexibility index (Phi) is 4.60. The van der Waals surface area contributed by atoms with Gasteiger partial charge in [0.05, 0.1) is 30.3 Å². The van der Waals surface area contributed by atoms with Crippen molar-refractivity contribution in [3.63, 3.8) is 0 Å². The highest BCUT2D eigenvalue weighted by atomic mass is 19.1. The molecule has 0 aliphatic heterocycles. The number of hydrogen-bond acceptors (Lipinski definition) is 3. The first-order valence-electron chi connectivity index (χ1n) is 9.32. The molecule has 142 valence electrons. The zero-order chi connectivity index (χ0) is 19.8. The van der Waals surface area contributed by atoms with Gasteiger partial charge in [-0.15, -0.1) is 0 Å². The molecule has 0 unspecified atom stereocenters. The Bertz CT molecular complexity index is 1170. The second-order valence-corrected chi connectivity index (χ2v) is 7.18. The number of fused-ring (bicyclic) bond motifs is 1. The van der Waals surface area contributed by atoms with Crippen LogP contribution in [0.25, 0.3) is 21.4 Å². The van der Waals surface area contributed by atoms with Gasteiger partial charge >= 0.3 is 0 Å². The maximum atomic E-state index is 14.4. The van der Waals surface area contributed by atoms with Crippen LogP contribution in [0.4, 0.5) is 10.1 Å². The maximum absolute atomic E-state index is 14.4. The average Bonchev–Trinajstić information content (AvgIpc) is 3.22. The van der Waals surface area contributed by atoms with E-state index < -0.39 is 5.82 Å². The van der Waals surface area contributed by atoms with Crippen molar-refractivity contribution in [2.24, 2.45) is 0 Å². The Morgan fingerprint density at radius 2 is 2.00 bits per heavy atom. The molecule has 28 heavy (non-hydrogen) atoms. The van der Waals surface area contributed by atoms with Crippen LogP contribution in [-0.2, 0) is 0 Å². The summed E-state index contributed by atoms with van der Waals surface area (Å²) < 4.78 is 20.9. The lowest BCUT2D eigenvalue weighted by molar-refractivity contribution is 0.386. The van der Waals surface area contributed by atoms with Crippen molar-refractivity contribution in [2.45, 2.75) is 38.5 Å². The van der Waals surface area contributed by atoms with Gasteiger partial charge in [0.25, 0.3) is 5.56 Å². The lowest BCUT2D eigenvalue weighted by Crippen LogP contribution is -2.25. The SMILES string of the molecule is [C-]#[N+]c1cc(C)c2nc(C3CCCC3)n(-c3ccc(OC)c(F)c3)c(=O)c2c1. The Morgan fingerprint density at radius 1 is 1.25 bits per heavy atom. The van der Waals surface area contributed by atoms with Crippen LogP contribution in [0, 0.1) is 19.3 Å². The Balaban J connectivity index is 2.06. The highest BCUT2D eigenvalue weighted by molar-refractivity contribution is 5.85. The number of halogens is 1. The largest absolute Gasteiger partial charge is 0.494 e. The number of ether oxygens (including phenoxy) is 1. The van der Waals surface area contributed by atoms with E-state index in [0.717, 1.165) is 31.2 Å². The predicted octanol–water partition coefficient (Wildman–Crippen LogP) is 5.05. The standard InChI is InChI=1S/C22H20FN3O2/c1-13-10-15(24-2)11-17-20(13)25-21(14-6-4-5-7-14)26(22(17)27)16-8-9-19(28-3)18(23)12-16/h8-12,14H,4-7H2,1,3H3. The maximum Gasteiger partial charge on any atom is 0.264 e. The minimum atomic E-state index is -0.532. The summed E-state index contributed by atoms with van der Waals surface area (Å²) in [5.74, 6) is 0.412. The van der Waals surface area contributed by atoms with Crippen LogP contribution in [0.5, 0.6) is 5.75 Å². The summed E-state index contributed by atoms with van der Waals surface area (Å²) in [6, 6.07) is 7.80. The molecule has 4 rings (SSSR count). The molecule has 5 nitrogen and oxygen atoms in total. The van der Waals surface area contributed by atoms with Crippen molar-refractivity contribution >= 4 is 16.6 Å². The van der Waals surface area contributed by atoms with E-state index in [1.807, 2.05) is 6.92 Å². The third-order valence-electron chi connectivity index (χ3n) is 5.42. The van der Waals surface area contributed by atoms with Crippen LogP contribution in [0.15, 0.2) is 35.1 Å². The molecular weight excluding hydrogens is 357 g/mol. The van der Waals surface area contributed by atoms with E-state index in [1.54, 1.807) is 18.2 Å². The zero-order valence-electron chi connectivity index (χ0n) is 15.8. The van der Waals surface area contributed by atoms with Gasteiger partial charge in [-0.1, -0.05) is 18.9 Å². The van der Waals surface area contributed by atoms with Gasteiger partial charge in [0.15, 0.2) is 17.3 Å². The van der Waals surface area contributed by atoms with Crippen LogP contribution in [-0.4, -0.2) is 16.7 Å². The Morgan fingerprint density at radius 3 is 2.64 bits per heavy atom. The summed E-state index contributed by atoms with van der Waals surface area (Å²) in [6.07, 6.45) is 4.09. The number of methoxy groups -OCH3 is 1. The monoisotopic (exact) mass is 377 g/mol. The Hall–Kier alpha value is -3.20. The number of aryl methyl sites for hydroxylation is 1. The van der Waals surface area contributed by atoms with Gasteiger partial charge in [0.2, 0.25) is 0 Å². The van der Waals surface area contributed by atoms with Gasteiger partial charge in [-0.05, 0) is 43.5 Å². The average molecular weight is 377 g/mol. The van der Waals surface area contributed by atoms with Crippen LogP contribution in [0.3, 0.4) is 0 Å². The van der Waals surface area contributed by atoms with Gasteiger partial charge in [-0.3, -0.25) is 9.36 Å². The third-order valence-corrected chi connectivity index (χ3v) is 5.42. The second kappa shape index (κ2) is 7.08. The molecule has 0 spiro atoms. The van der Waals surface area contributed by atoms with E-state index in [0.29, 0.717) is 28.1 Å². The van der Waals surface area contributed by atoms with Crippen LogP contribution in [0.2, 0.25) is 0 Å². The van der Waals surface area contributed by atoms with E-state index >= 15 is 0 Å². The minimum Gasteiger partial charge on any atom is -0.494 e. The van der Waals surface area contributed by atoms with Crippen LogP contribution < -0.4 is 10.3 Å². The van der Waals surface area contributed by atoms with Crippen molar-refractivity contribution in [3.05, 3.63) is 69.3 Å². The fraction of sp³-hybridized carbons (Fsp3) is 0.318. The van der Waals surface area contributed by atoms with Crippen molar-refractivity contribution in [1.29, 1.82) is 0 Å². The topological polar surface area (TPSA) is 48.5 Å². The van der Waals surface area contributed by atoms with E-state index in [4.69, 9.17) is 16.3 Å². The van der Waals surface area contributed by atoms with E-state index in [-0.39, 0.29) is 17.2 Å². The summed E-state index contributed by atoms with van der Waals surface area (Å²) in [5.41, 5.74) is 1.96. The molecule has 0 amide bonds. The van der Waals surface area contributed by atoms with Crippen molar-refractivity contribution in [2.75, 3.05) is 7.11 Å². The number of hydrogen-bond donors (Lipinski definition) is 0. The quantitative estimate of drug-likeness (QED) is 0.600. The van der Waals surface area contributed by atoms with Gasteiger partial charge < -0.3 is 4.74 Å². The lowest BCUT2D eigenvalue weighted by atomic mass is 10.0. The van der Waals surface area contributed by atoms with E-state index in [1.165, 1.54) is 23.8 Å². The zero-order valence-corrected chi connectivity index (χ0v) is 15.8. The third kappa shape index (κ3) is 2.93. The minimum absolute atomic E-state index is 0.124. The van der Waals surface area contributed by atoms with Gasteiger partial charge in [-0.2, -0.15) is 0 Å². The fourth-order valence-corrected chi connectivity index (χ4v) is 4.03. The molecule has 1 aliphatic carbocycles. The summed E-state index contributed by atoms with van der Waals surface area (Å²) in [6.45, 7) is 9.15. The molecule has 0 atom stereocenters. The highest BCUT2D eigenvalue weighted by Gasteiger charge is 2.25. The van der Waals surface area contributed by atoms with Crippen LogP contribution >= 0.6 is 0 Å². The molecule has 0 radical (unpaired) electrons. The molecule has 1 aliphatic rings. The summed E-state index contributed by atoms with van der Waals surface area (Å²) >= 11 is 0. The second-order valence-electron chi connectivity index (χ2n) is 7.18. The van der Waals surface area contributed by atoms with Gasteiger partial charge in [0.1, 0.15) is 5.82 Å². The molecule has 3 aromatic rings.